The fourth-order valence-corrected chi connectivity index (χ4v) is 1.77. The zero-order valence-electron chi connectivity index (χ0n) is 10.1. The summed E-state index contributed by atoms with van der Waals surface area (Å²) in [7, 11) is 0. The lowest BCUT2D eigenvalue weighted by Gasteiger charge is -2.26. The molecule has 1 fully saturated rings. The van der Waals surface area contributed by atoms with E-state index in [9.17, 15) is 9.59 Å². The SMILES string of the molecule is CC(C)(CCO)NC(=O)[C@@H]1CC[C@H](C(=O)O)O1. The summed E-state index contributed by atoms with van der Waals surface area (Å²) in [4.78, 5) is 22.5. The van der Waals surface area contributed by atoms with E-state index in [1.807, 2.05) is 0 Å². The summed E-state index contributed by atoms with van der Waals surface area (Å²) in [6.07, 6.45) is -0.375. The van der Waals surface area contributed by atoms with Crippen LogP contribution in [0.1, 0.15) is 33.1 Å². The van der Waals surface area contributed by atoms with Crippen LogP contribution in [-0.4, -0.2) is 46.4 Å². The van der Waals surface area contributed by atoms with Gasteiger partial charge in [0.1, 0.15) is 6.10 Å². The number of carbonyl (C=O) groups excluding carboxylic acids is 1. The first kappa shape index (κ1) is 13.9. The monoisotopic (exact) mass is 245 g/mol. The third kappa shape index (κ3) is 3.98. The van der Waals surface area contributed by atoms with Crippen LogP contribution in [0.4, 0.5) is 0 Å². The van der Waals surface area contributed by atoms with E-state index in [1.54, 1.807) is 13.8 Å². The number of carbonyl (C=O) groups is 2. The van der Waals surface area contributed by atoms with Gasteiger partial charge in [0.25, 0.3) is 0 Å². The summed E-state index contributed by atoms with van der Waals surface area (Å²) in [6.45, 7) is 3.58. The lowest BCUT2D eigenvalue weighted by Crippen LogP contribution is -2.48. The molecule has 1 aliphatic rings. The van der Waals surface area contributed by atoms with Crippen molar-refractivity contribution in [2.75, 3.05) is 6.61 Å². The van der Waals surface area contributed by atoms with Crippen molar-refractivity contribution in [2.45, 2.75) is 50.9 Å². The van der Waals surface area contributed by atoms with E-state index in [-0.39, 0.29) is 12.5 Å². The molecule has 0 saturated carbocycles. The Hall–Kier alpha value is -1.14. The van der Waals surface area contributed by atoms with Crippen molar-refractivity contribution in [1.82, 2.24) is 5.32 Å². The highest BCUT2D eigenvalue weighted by molar-refractivity contribution is 5.83. The number of aliphatic hydroxyl groups is 1. The maximum absolute atomic E-state index is 11.8. The van der Waals surface area contributed by atoms with Gasteiger partial charge in [0.05, 0.1) is 0 Å². The number of aliphatic carboxylic acids is 1. The van der Waals surface area contributed by atoms with Crippen molar-refractivity contribution in [3.8, 4) is 0 Å². The molecule has 0 radical (unpaired) electrons. The average Bonchev–Trinajstić information content (AvgIpc) is 2.64. The highest BCUT2D eigenvalue weighted by atomic mass is 16.5. The van der Waals surface area contributed by atoms with Crippen LogP contribution in [0.3, 0.4) is 0 Å². The van der Waals surface area contributed by atoms with Crippen molar-refractivity contribution in [3.05, 3.63) is 0 Å². The first-order valence-electron chi connectivity index (χ1n) is 5.67. The van der Waals surface area contributed by atoms with Crippen molar-refractivity contribution in [2.24, 2.45) is 0 Å². The van der Waals surface area contributed by atoms with Gasteiger partial charge in [0, 0.05) is 12.1 Å². The second kappa shape index (κ2) is 5.46. The molecule has 17 heavy (non-hydrogen) atoms. The first-order chi connectivity index (χ1) is 7.85. The van der Waals surface area contributed by atoms with E-state index in [1.165, 1.54) is 0 Å². The molecule has 1 rings (SSSR count). The second-order valence-electron chi connectivity index (χ2n) is 4.88. The van der Waals surface area contributed by atoms with Crippen molar-refractivity contribution in [1.29, 1.82) is 0 Å². The molecule has 1 heterocycles. The van der Waals surface area contributed by atoms with E-state index in [2.05, 4.69) is 5.32 Å². The van der Waals surface area contributed by atoms with Gasteiger partial charge in [-0.05, 0) is 33.1 Å². The van der Waals surface area contributed by atoms with Crippen LogP contribution in [0.5, 0.6) is 0 Å². The summed E-state index contributed by atoms with van der Waals surface area (Å²) < 4.78 is 5.13. The highest BCUT2D eigenvalue weighted by Gasteiger charge is 2.36. The van der Waals surface area contributed by atoms with Crippen molar-refractivity contribution >= 4 is 11.9 Å². The average molecular weight is 245 g/mol. The topological polar surface area (TPSA) is 95.9 Å². The molecule has 0 aromatic carbocycles. The number of amides is 1. The Kier molecular flexibility index (Phi) is 4.47. The molecule has 0 bridgehead atoms. The number of rotatable bonds is 5. The quantitative estimate of drug-likeness (QED) is 0.628. The van der Waals surface area contributed by atoms with E-state index >= 15 is 0 Å². The molecule has 6 nitrogen and oxygen atoms in total. The Morgan fingerprint density at radius 1 is 1.35 bits per heavy atom. The van der Waals surface area contributed by atoms with Gasteiger partial charge in [0.2, 0.25) is 5.91 Å². The lowest BCUT2D eigenvalue weighted by molar-refractivity contribution is -0.152. The summed E-state index contributed by atoms with van der Waals surface area (Å²) >= 11 is 0. The van der Waals surface area contributed by atoms with Gasteiger partial charge in [-0.2, -0.15) is 0 Å². The van der Waals surface area contributed by atoms with Crippen LogP contribution >= 0.6 is 0 Å². The Balaban J connectivity index is 2.47. The predicted molar refractivity (Wildman–Crippen MR) is 59.5 cm³/mol. The molecule has 2 atom stereocenters. The third-order valence-electron chi connectivity index (χ3n) is 2.79. The van der Waals surface area contributed by atoms with Crippen molar-refractivity contribution in [3.63, 3.8) is 0 Å². The van der Waals surface area contributed by atoms with Crippen LogP contribution in [0.25, 0.3) is 0 Å². The van der Waals surface area contributed by atoms with Crippen LogP contribution in [0.2, 0.25) is 0 Å². The van der Waals surface area contributed by atoms with E-state index in [0.717, 1.165) is 0 Å². The molecule has 6 heteroatoms. The molecule has 0 aliphatic carbocycles. The molecule has 0 aromatic rings. The Labute approximate surface area is 100.0 Å². The van der Waals surface area contributed by atoms with E-state index in [0.29, 0.717) is 19.3 Å². The number of hydrogen-bond acceptors (Lipinski definition) is 4. The van der Waals surface area contributed by atoms with E-state index < -0.39 is 23.7 Å². The number of hydrogen-bond donors (Lipinski definition) is 3. The van der Waals surface area contributed by atoms with Gasteiger partial charge in [-0.25, -0.2) is 4.79 Å². The summed E-state index contributed by atoms with van der Waals surface area (Å²) in [6, 6.07) is 0. The summed E-state index contributed by atoms with van der Waals surface area (Å²) in [5.41, 5.74) is -0.517. The fraction of sp³-hybridized carbons (Fsp3) is 0.818. The molecule has 0 unspecified atom stereocenters. The number of carboxylic acid groups (broad SMARTS) is 1. The normalized spacial score (nSPS) is 24.6. The van der Waals surface area contributed by atoms with Gasteiger partial charge in [-0.15, -0.1) is 0 Å². The predicted octanol–water partition coefficient (Wildman–Crippen LogP) is -0.104. The lowest BCUT2D eigenvalue weighted by atomic mass is 10.0. The van der Waals surface area contributed by atoms with Crippen LogP contribution in [0.15, 0.2) is 0 Å². The van der Waals surface area contributed by atoms with Gasteiger partial charge in [-0.1, -0.05) is 0 Å². The van der Waals surface area contributed by atoms with Gasteiger partial charge in [0.15, 0.2) is 6.10 Å². The van der Waals surface area contributed by atoms with Crippen LogP contribution in [0, 0.1) is 0 Å². The van der Waals surface area contributed by atoms with Crippen molar-refractivity contribution < 1.29 is 24.5 Å². The molecule has 3 N–H and O–H groups in total. The van der Waals surface area contributed by atoms with Crippen LogP contribution < -0.4 is 5.32 Å². The molecule has 0 aromatic heterocycles. The summed E-state index contributed by atoms with van der Waals surface area (Å²) in [5, 5.41) is 20.3. The first-order valence-corrected chi connectivity index (χ1v) is 5.67. The Bertz CT molecular complexity index is 302. The van der Waals surface area contributed by atoms with Crippen LogP contribution in [-0.2, 0) is 14.3 Å². The third-order valence-corrected chi connectivity index (χ3v) is 2.79. The fourth-order valence-electron chi connectivity index (χ4n) is 1.77. The molecular formula is C11H19NO5. The molecule has 1 amide bonds. The van der Waals surface area contributed by atoms with Gasteiger partial charge < -0.3 is 20.3 Å². The standard InChI is InChI=1S/C11H19NO5/c1-11(2,5-6-13)12-9(14)7-3-4-8(17-7)10(15)16/h7-8,13H,3-6H2,1-2H3,(H,12,14)(H,15,16)/t7-,8+/m0/s1. The smallest absolute Gasteiger partial charge is 0.332 e. The maximum Gasteiger partial charge on any atom is 0.332 e. The second-order valence-corrected chi connectivity index (χ2v) is 4.88. The molecule has 1 saturated heterocycles. The maximum atomic E-state index is 11.8. The van der Waals surface area contributed by atoms with E-state index in [4.69, 9.17) is 14.9 Å². The minimum absolute atomic E-state index is 0.0173. The summed E-state index contributed by atoms with van der Waals surface area (Å²) in [5.74, 6) is -1.35. The molecule has 1 aliphatic heterocycles. The zero-order valence-corrected chi connectivity index (χ0v) is 10.1. The van der Waals surface area contributed by atoms with Gasteiger partial charge in [-0.3, -0.25) is 4.79 Å². The number of aliphatic hydroxyl groups excluding tert-OH is 1. The Morgan fingerprint density at radius 2 is 1.94 bits per heavy atom. The minimum atomic E-state index is -1.03. The number of nitrogens with one attached hydrogen (secondary N) is 1. The van der Waals surface area contributed by atoms with Gasteiger partial charge >= 0.3 is 5.97 Å². The molecule has 98 valence electrons. The minimum Gasteiger partial charge on any atom is -0.479 e. The molecular weight excluding hydrogens is 226 g/mol. The number of carboxylic acids is 1. The Morgan fingerprint density at radius 3 is 2.41 bits per heavy atom. The largest absolute Gasteiger partial charge is 0.479 e. The highest BCUT2D eigenvalue weighted by Crippen LogP contribution is 2.21. The molecule has 0 spiro atoms. The number of ether oxygens (including phenoxy) is 1. The zero-order chi connectivity index (χ0) is 13.1.